The van der Waals surface area contributed by atoms with Crippen molar-refractivity contribution in [3.63, 3.8) is 0 Å². The first-order valence-corrected chi connectivity index (χ1v) is 6.59. The van der Waals surface area contributed by atoms with Crippen LogP contribution in [0.5, 0.6) is 0 Å². The number of aromatic nitrogens is 2. The Morgan fingerprint density at radius 1 is 1.40 bits per heavy atom. The maximum Gasteiger partial charge on any atom is 0.329 e. The number of nitro groups is 1. The van der Waals surface area contributed by atoms with Crippen molar-refractivity contribution in [1.29, 1.82) is 0 Å². The molecule has 0 unspecified atom stereocenters. The van der Waals surface area contributed by atoms with Gasteiger partial charge in [-0.05, 0) is 27.7 Å². The van der Waals surface area contributed by atoms with Gasteiger partial charge < -0.3 is 11.1 Å². The summed E-state index contributed by atoms with van der Waals surface area (Å²) in [5.74, 6) is 0.178. The normalized spacial score (nSPS) is 11.3. The van der Waals surface area contributed by atoms with E-state index in [0.29, 0.717) is 18.6 Å². The van der Waals surface area contributed by atoms with E-state index < -0.39 is 4.92 Å². The Bertz CT molecular complexity index is 455. The topological polar surface area (TPSA) is 110 Å². The molecule has 0 saturated carbocycles. The minimum absolute atomic E-state index is 0.0164. The minimum Gasteiger partial charge on any atom is -0.368 e. The average Bonchev–Trinajstić information content (AvgIpc) is 2.33. The van der Waals surface area contributed by atoms with E-state index in [1.807, 2.05) is 0 Å². The molecule has 0 aliphatic heterocycles. The van der Waals surface area contributed by atoms with Crippen molar-refractivity contribution in [3.8, 4) is 0 Å². The number of nitrogen functional groups attached to an aromatic ring is 1. The monoisotopic (exact) mass is 282 g/mol. The van der Waals surface area contributed by atoms with Gasteiger partial charge in [0.1, 0.15) is 6.20 Å². The first-order valence-electron chi connectivity index (χ1n) is 6.59. The number of hydrogen-bond acceptors (Lipinski definition) is 7. The summed E-state index contributed by atoms with van der Waals surface area (Å²) in [6.45, 7) is 9.77. The Balaban J connectivity index is 2.70. The highest BCUT2D eigenvalue weighted by Gasteiger charge is 2.17. The molecule has 1 rings (SSSR count). The van der Waals surface area contributed by atoms with E-state index in [1.54, 1.807) is 0 Å². The molecule has 0 radical (unpaired) electrons. The summed E-state index contributed by atoms with van der Waals surface area (Å²) in [5.41, 5.74) is 5.29. The highest BCUT2D eigenvalue weighted by atomic mass is 16.6. The maximum absolute atomic E-state index is 10.9. The Labute approximate surface area is 118 Å². The fraction of sp³-hybridized carbons (Fsp3) is 0.667. The number of nitrogens with two attached hydrogens (primary N) is 1. The molecule has 0 aliphatic rings. The van der Waals surface area contributed by atoms with E-state index in [0.717, 1.165) is 12.7 Å². The summed E-state index contributed by atoms with van der Waals surface area (Å²) in [6.07, 6.45) is 1.12. The van der Waals surface area contributed by atoms with Gasteiger partial charge in [0.15, 0.2) is 0 Å². The molecule has 0 spiro atoms. The lowest BCUT2D eigenvalue weighted by Gasteiger charge is -2.30. The molecule has 0 aromatic carbocycles. The largest absolute Gasteiger partial charge is 0.368 e. The number of rotatable bonds is 7. The van der Waals surface area contributed by atoms with Gasteiger partial charge in [0.05, 0.1) is 4.92 Å². The zero-order valence-corrected chi connectivity index (χ0v) is 12.3. The summed E-state index contributed by atoms with van der Waals surface area (Å²) in [7, 11) is 0. The molecule has 20 heavy (non-hydrogen) atoms. The predicted molar refractivity (Wildman–Crippen MR) is 78.6 cm³/mol. The van der Waals surface area contributed by atoms with Gasteiger partial charge in [-0.15, -0.1) is 0 Å². The van der Waals surface area contributed by atoms with Gasteiger partial charge in [-0.1, -0.05) is 0 Å². The number of hydrogen-bond donors (Lipinski definition) is 2. The summed E-state index contributed by atoms with van der Waals surface area (Å²) < 4.78 is 0. The van der Waals surface area contributed by atoms with E-state index >= 15 is 0 Å². The summed E-state index contributed by atoms with van der Waals surface area (Å²) in [4.78, 5) is 20.2. The maximum atomic E-state index is 10.9. The lowest BCUT2D eigenvalue weighted by Crippen LogP contribution is -2.40. The predicted octanol–water partition coefficient (Wildman–Crippen LogP) is 1.50. The minimum atomic E-state index is -0.523. The van der Waals surface area contributed by atoms with Crippen LogP contribution in [0.3, 0.4) is 0 Å². The van der Waals surface area contributed by atoms with Gasteiger partial charge in [-0.2, -0.15) is 4.98 Å². The second-order valence-electron chi connectivity index (χ2n) is 5.07. The van der Waals surface area contributed by atoms with Crippen molar-refractivity contribution >= 4 is 17.5 Å². The summed E-state index contributed by atoms with van der Waals surface area (Å²) >= 11 is 0. The van der Waals surface area contributed by atoms with Crippen molar-refractivity contribution in [3.05, 3.63) is 16.3 Å². The van der Waals surface area contributed by atoms with Gasteiger partial charge in [0.2, 0.25) is 11.8 Å². The molecule has 8 nitrogen and oxygen atoms in total. The zero-order chi connectivity index (χ0) is 15.3. The van der Waals surface area contributed by atoms with Gasteiger partial charge >= 0.3 is 5.69 Å². The first kappa shape index (κ1) is 16.1. The van der Waals surface area contributed by atoms with Crippen molar-refractivity contribution < 1.29 is 4.92 Å². The SMILES string of the molecule is CC(C)N(CCNc1nc(N)ncc1[N+](=O)[O-])C(C)C. The molecule has 3 N–H and O–H groups in total. The quantitative estimate of drug-likeness (QED) is 0.576. The van der Waals surface area contributed by atoms with E-state index in [9.17, 15) is 10.1 Å². The fourth-order valence-corrected chi connectivity index (χ4v) is 2.07. The van der Waals surface area contributed by atoms with E-state index in [4.69, 9.17) is 5.73 Å². The third kappa shape index (κ3) is 4.30. The number of nitrogens with zero attached hydrogens (tertiary/aromatic N) is 4. The molecule has 0 fully saturated rings. The van der Waals surface area contributed by atoms with E-state index in [2.05, 4.69) is 47.9 Å². The zero-order valence-electron chi connectivity index (χ0n) is 12.3. The standard InChI is InChI=1S/C12H22N6O2/c1-8(2)17(9(3)4)6-5-14-11-10(18(19)20)7-15-12(13)16-11/h7-9H,5-6H2,1-4H3,(H3,13,14,15,16). The lowest BCUT2D eigenvalue weighted by atomic mass is 10.2. The summed E-state index contributed by atoms with van der Waals surface area (Å²) in [5, 5.41) is 13.8. The highest BCUT2D eigenvalue weighted by Crippen LogP contribution is 2.20. The van der Waals surface area contributed by atoms with E-state index in [1.165, 1.54) is 0 Å². The van der Waals surface area contributed by atoms with Crippen LogP contribution in [0.1, 0.15) is 27.7 Å². The fourth-order valence-electron chi connectivity index (χ4n) is 2.07. The molecule has 0 atom stereocenters. The molecule has 112 valence electrons. The van der Waals surface area contributed by atoms with Crippen LogP contribution in [0.15, 0.2) is 6.20 Å². The van der Waals surface area contributed by atoms with Crippen LogP contribution in [0.2, 0.25) is 0 Å². The van der Waals surface area contributed by atoms with Crippen molar-refractivity contribution in [2.75, 3.05) is 24.1 Å². The van der Waals surface area contributed by atoms with Gasteiger partial charge in [-0.3, -0.25) is 15.0 Å². The Morgan fingerprint density at radius 2 is 2.00 bits per heavy atom. The van der Waals surface area contributed by atoms with Crippen molar-refractivity contribution in [1.82, 2.24) is 14.9 Å². The van der Waals surface area contributed by atoms with Crippen LogP contribution in [-0.2, 0) is 0 Å². The molecule has 0 amide bonds. The van der Waals surface area contributed by atoms with Gasteiger partial charge in [0, 0.05) is 25.2 Å². The van der Waals surface area contributed by atoms with Crippen LogP contribution < -0.4 is 11.1 Å². The number of nitrogens with one attached hydrogen (secondary N) is 1. The van der Waals surface area contributed by atoms with Crippen LogP contribution in [0.4, 0.5) is 17.5 Å². The summed E-state index contributed by atoms with van der Waals surface area (Å²) in [6, 6.07) is 0.810. The molecule has 0 bridgehead atoms. The van der Waals surface area contributed by atoms with Crippen LogP contribution >= 0.6 is 0 Å². The lowest BCUT2D eigenvalue weighted by molar-refractivity contribution is -0.384. The first-order chi connectivity index (χ1) is 9.32. The van der Waals surface area contributed by atoms with Crippen LogP contribution in [0, 0.1) is 10.1 Å². The molecule has 1 aromatic heterocycles. The Morgan fingerprint density at radius 3 is 2.50 bits per heavy atom. The molecular weight excluding hydrogens is 260 g/mol. The number of anilines is 2. The van der Waals surface area contributed by atoms with Crippen LogP contribution in [-0.4, -0.2) is 45.0 Å². The second-order valence-corrected chi connectivity index (χ2v) is 5.07. The van der Waals surface area contributed by atoms with Gasteiger partial charge in [0.25, 0.3) is 0 Å². The van der Waals surface area contributed by atoms with Gasteiger partial charge in [-0.25, -0.2) is 4.98 Å². The van der Waals surface area contributed by atoms with Crippen LogP contribution in [0.25, 0.3) is 0 Å². The van der Waals surface area contributed by atoms with E-state index in [-0.39, 0.29) is 17.5 Å². The molecule has 8 heteroatoms. The smallest absolute Gasteiger partial charge is 0.329 e. The highest BCUT2D eigenvalue weighted by molar-refractivity contribution is 5.56. The third-order valence-electron chi connectivity index (χ3n) is 2.97. The van der Waals surface area contributed by atoms with Crippen molar-refractivity contribution in [2.24, 2.45) is 0 Å². The third-order valence-corrected chi connectivity index (χ3v) is 2.97. The Hall–Kier alpha value is -1.96. The Kier molecular flexibility index (Phi) is 5.63. The second kappa shape index (κ2) is 6.99. The molecular formula is C12H22N6O2. The molecule has 0 aliphatic carbocycles. The molecule has 0 saturated heterocycles. The van der Waals surface area contributed by atoms with Crippen molar-refractivity contribution in [2.45, 2.75) is 39.8 Å². The molecule has 1 aromatic rings. The molecule has 1 heterocycles. The average molecular weight is 282 g/mol.